The van der Waals surface area contributed by atoms with Crippen molar-refractivity contribution in [2.75, 3.05) is 32.7 Å². The molecule has 0 aromatic carbocycles. The Morgan fingerprint density at radius 3 is 2.33 bits per heavy atom. The van der Waals surface area contributed by atoms with Crippen molar-refractivity contribution >= 4 is 23.2 Å². The third-order valence-electron chi connectivity index (χ3n) is 4.64. The number of unbranched alkanes of at least 4 members (excludes halogenated alkanes) is 1. The maximum Gasteiger partial charge on any atom is 0.225 e. The van der Waals surface area contributed by atoms with Crippen LogP contribution in [0.1, 0.15) is 51.9 Å². The maximum absolute atomic E-state index is 12.5. The Kier molecular flexibility index (Phi) is 6.74. The molecule has 2 aliphatic rings. The van der Waals surface area contributed by atoms with Crippen LogP contribution in [-0.4, -0.2) is 53.5 Å². The van der Waals surface area contributed by atoms with Crippen molar-refractivity contribution in [3.05, 3.63) is 0 Å². The zero-order chi connectivity index (χ0) is 15.1. The van der Waals surface area contributed by atoms with E-state index in [1.165, 1.54) is 25.7 Å². The SMILES string of the molecule is CCCCNC(=S)N1CCN(C(=O)C2CCCCC2)CC1. The summed E-state index contributed by atoms with van der Waals surface area (Å²) in [6.45, 7) is 6.53. The molecule has 0 radical (unpaired) electrons. The van der Waals surface area contributed by atoms with Crippen molar-refractivity contribution in [3.8, 4) is 0 Å². The van der Waals surface area contributed by atoms with Gasteiger partial charge in [0.2, 0.25) is 5.91 Å². The lowest BCUT2D eigenvalue weighted by Gasteiger charge is -2.38. The first kappa shape index (κ1) is 16.5. The number of nitrogens with one attached hydrogen (secondary N) is 1. The monoisotopic (exact) mass is 311 g/mol. The van der Waals surface area contributed by atoms with Gasteiger partial charge in [-0.05, 0) is 31.5 Å². The molecule has 0 bridgehead atoms. The van der Waals surface area contributed by atoms with E-state index in [4.69, 9.17) is 12.2 Å². The normalized spacial score (nSPS) is 20.4. The van der Waals surface area contributed by atoms with Crippen LogP contribution < -0.4 is 5.32 Å². The summed E-state index contributed by atoms with van der Waals surface area (Å²) >= 11 is 5.43. The molecule has 120 valence electrons. The number of carbonyl (C=O) groups excluding carboxylic acids is 1. The second kappa shape index (κ2) is 8.57. The number of hydrogen-bond donors (Lipinski definition) is 1. The predicted molar refractivity (Wildman–Crippen MR) is 90.2 cm³/mol. The van der Waals surface area contributed by atoms with E-state index < -0.39 is 0 Å². The van der Waals surface area contributed by atoms with E-state index in [1.807, 2.05) is 0 Å². The highest BCUT2D eigenvalue weighted by molar-refractivity contribution is 7.80. The first-order chi connectivity index (χ1) is 10.2. The molecule has 1 aliphatic heterocycles. The molecule has 1 saturated heterocycles. The van der Waals surface area contributed by atoms with Gasteiger partial charge in [-0.25, -0.2) is 0 Å². The lowest BCUT2D eigenvalue weighted by Crippen LogP contribution is -2.54. The van der Waals surface area contributed by atoms with Crippen molar-refractivity contribution < 1.29 is 4.79 Å². The average molecular weight is 311 g/mol. The number of carbonyl (C=O) groups is 1. The summed E-state index contributed by atoms with van der Waals surface area (Å²) in [4.78, 5) is 16.8. The van der Waals surface area contributed by atoms with Crippen LogP contribution in [0.3, 0.4) is 0 Å². The Balaban J connectivity index is 1.72. The Hall–Kier alpha value is -0.840. The van der Waals surface area contributed by atoms with Crippen LogP contribution in [0.15, 0.2) is 0 Å². The van der Waals surface area contributed by atoms with Gasteiger partial charge >= 0.3 is 0 Å². The number of piperazine rings is 1. The van der Waals surface area contributed by atoms with E-state index in [1.54, 1.807) is 0 Å². The number of rotatable bonds is 4. The largest absolute Gasteiger partial charge is 0.363 e. The molecule has 0 aromatic rings. The van der Waals surface area contributed by atoms with Gasteiger partial charge in [0, 0.05) is 38.6 Å². The highest BCUT2D eigenvalue weighted by Gasteiger charge is 2.28. The molecule has 1 saturated carbocycles. The minimum absolute atomic E-state index is 0.292. The number of hydrogen-bond acceptors (Lipinski definition) is 2. The minimum Gasteiger partial charge on any atom is -0.363 e. The quantitative estimate of drug-likeness (QED) is 0.639. The second-order valence-corrected chi connectivity index (χ2v) is 6.62. The predicted octanol–water partition coefficient (Wildman–Crippen LogP) is 2.39. The fourth-order valence-corrected chi connectivity index (χ4v) is 3.51. The van der Waals surface area contributed by atoms with E-state index >= 15 is 0 Å². The molecule has 0 spiro atoms. The highest BCUT2D eigenvalue weighted by atomic mass is 32.1. The summed E-state index contributed by atoms with van der Waals surface area (Å²) in [5.74, 6) is 0.680. The van der Waals surface area contributed by atoms with E-state index in [2.05, 4.69) is 22.0 Å². The van der Waals surface area contributed by atoms with Crippen LogP contribution in [0.25, 0.3) is 0 Å². The maximum atomic E-state index is 12.5. The van der Waals surface area contributed by atoms with Crippen LogP contribution in [-0.2, 0) is 4.79 Å². The standard InChI is InChI=1S/C16H29N3OS/c1-2-3-9-17-16(21)19-12-10-18(11-13-19)15(20)14-7-5-4-6-8-14/h14H,2-13H2,1H3,(H,17,21). The van der Waals surface area contributed by atoms with Crippen LogP contribution in [0.2, 0.25) is 0 Å². The van der Waals surface area contributed by atoms with Gasteiger partial charge < -0.3 is 15.1 Å². The van der Waals surface area contributed by atoms with Crippen molar-refractivity contribution in [3.63, 3.8) is 0 Å². The van der Waals surface area contributed by atoms with Crippen LogP contribution in [0.4, 0.5) is 0 Å². The molecule has 0 aromatic heterocycles. The Labute approximate surface area is 134 Å². The Morgan fingerprint density at radius 1 is 1.10 bits per heavy atom. The Bertz CT molecular complexity index is 347. The van der Waals surface area contributed by atoms with Crippen molar-refractivity contribution in [1.82, 2.24) is 15.1 Å². The van der Waals surface area contributed by atoms with Gasteiger partial charge in [-0.1, -0.05) is 32.6 Å². The molecule has 1 heterocycles. The van der Waals surface area contributed by atoms with E-state index in [0.717, 1.165) is 57.1 Å². The Morgan fingerprint density at radius 2 is 1.71 bits per heavy atom. The van der Waals surface area contributed by atoms with Gasteiger partial charge in [0.1, 0.15) is 0 Å². The molecular formula is C16H29N3OS. The van der Waals surface area contributed by atoms with Gasteiger partial charge in [-0.2, -0.15) is 0 Å². The minimum atomic E-state index is 0.292. The average Bonchev–Trinajstić information content (AvgIpc) is 2.55. The summed E-state index contributed by atoms with van der Waals surface area (Å²) in [6.07, 6.45) is 8.27. The van der Waals surface area contributed by atoms with E-state index in [9.17, 15) is 4.79 Å². The van der Waals surface area contributed by atoms with Gasteiger partial charge in [0.05, 0.1) is 0 Å². The van der Waals surface area contributed by atoms with Crippen LogP contribution in [0.5, 0.6) is 0 Å². The van der Waals surface area contributed by atoms with E-state index in [-0.39, 0.29) is 0 Å². The summed E-state index contributed by atoms with van der Waals surface area (Å²) in [5, 5.41) is 4.17. The molecule has 1 amide bonds. The lowest BCUT2D eigenvalue weighted by molar-refractivity contribution is -0.137. The summed E-state index contributed by atoms with van der Waals surface area (Å²) in [5.41, 5.74) is 0. The number of thiocarbonyl (C=S) groups is 1. The second-order valence-electron chi connectivity index (χ2n) is 6.23. The van der Waals surface area contributed by atoms with Gasteiger partial charge in [0.25, 0.3) is 0 Å². The summed E-state index contributed by atoms with van der Waals surface area (Å²) in [7, 11) is 0. The third-order valence-corrected chi connectivity index (χ3v) is 5.04. The van der Waals surface area contributed by atoms with Crippen molar-refractivity contribution in [2.45, 2.75) is 51.9 Å². The third kappa shape index (κ3) is 4.83. The topological polar surface area (TPSA) is 35.6 Å². The number of nitrogens with zero attached hydrogens (tertiary/aromatic N) is 2. The molecule has 5 heteroatoms. The zero-order valence-corrected chi connectivity index (χ0v) is 14.1. The molecular weight excluding hydrogens is 282 g/mol. The highest BCUT2D eigenvalue weighted by Crippen LogP contribution is 2.25. The van der Waals surface area contributed by atoms with Crippen LogP contribution in [0, 0.1) is 5.92 Å². The van der Waals surface area contributed by atoms with Gasteiger partial charge in [0.15, 0.2) is 5.11 Å². The molecule has 2 rings (SSSR count). The van der Waals surface area contributed by atoms with Crippen molar-refractivity contribution in [2.24, 2.45) is 5.92 Å². The first-order valence-electron chi connectivity index (χ1n) is 8.54. The molecule has 4 nitrogen and oxygen atoms in total. The molecule has 1 aliphatic carbocycles. The van der Waals surface area contributed by atoms with Crippen molar-refractivity contribution in [1.29, 1.82) is 0 Å². The fraction of sp³-hybridized carbons (Fsp3) is 0.875. The van der Waals surface area contributed by atoms with Gasteiger partial charge in [-0.15, -0.1) is 0 Å². The fourth-order valence-electron chi connectivity index (χ4n) is 3.22. The molecule has 0 atom stereocenters. The molecule has 0 unspecified atom stereocenters. The summed E-state index contributed by atoms with van der Waals surface area (Å²) < 4.78 is 0. The first-order valence-corrected chi connectivity index (χ1v) is 8.94. The molecule has 21 heavy (non-hydrogen) atoms. The number of amides is 1. The molecule has 1 N–H and O–H groups in total. The molecule has 2 fully saturated rings. The smallest absolute Gasteiger partial charge is 0.225 e. The summed E-state index contributed by atoms with van der Waals surface area (Å²) in [6, 6.07) is 0. The van der Waals surface area contributed by atoms with E-state index in [0.29, 0.717) is 11.8 Å². The lowest BCUT2D eigenvalue weighted by atomic mass is 9.88. The van der Waals surface area contributed by atoms with Gasteiger partial charge in [-0.3, -0.25) is 4.79 Å². The van der Waals surface area contributed by atoms with Crippen LogP contribution >= 0.6 is 12.2 Å². The zero-order valence-electron chi connectivity index (χ0n) is 13.3.